The van der Waals surface area contributed by atoms with Gasteiger partial charge in [-0.25, -0.2) is 0 Å². The Morgan fingerprint density at radius 2 is 1.86 bits per heavy atom. The van der Waals surface area contributed by atoms with Crippen LogP contribution in [0.25, 0.3) is 0 Å². The van der Waals surface area contributed by atoms with E-state index in [0.29, 0.717) is 5.41 Å². The van der Waals surface area contributed by atoms with Gasteiger partial charge in [0, 0.05) is 0 Å². The Labute approximate surface area is 89.9 Å². The molecule has 0 amide bonds. The Balaban J connectivity index is 2.33. The molecule has 0 atom stereocenters. The van der Waals surface area contributed by atoms with Gasteiger partial charge in [-0.15, -0.1) is 0 Å². The second-order valence-corrected chi connectivity index (χ2v) is 5.82. The van der Waals surface area contributed by atoms with E-state index in [0.717, 1.165) is 11.8 Å². The highest BCUT2D eigenvalue weighted by Gasteiger charge is 2.43. The molecule has 0 N–H and O–H groups in total. The zero-order chi connectivity index (χ0) is 10.8. The maximum absolute atomic E-state index is 2.37. The molecule has 0 saturated heterocycles. The molecule has 1 heteroatoms. The highest BCUT2D eigenvalue weighted by atomic mass is 15.0. The van der Waals surface area contributed by atoms with Crippen LogP contribution in [-0.2, 0) is 0 Å². The number of rotatable bonds is 5. The number of hydrogen-bond acceptors (Lipinski definition) is 1. The average Bonchev–Trinajstić information content (AvgIpc) is 2.02. The fourth-order valence-electron chi connectivity index (χ4n) is 2.65. The first kappa shape index (κ1) is 12.0. The van der Waals surface area contributed by atoms with Crippen LogP contribution >= 0.6 is 0 Å². The van der Waals surface area contributed by atoms with Crippen molar-refractivity contribution in [1.82, 2.24) is 4.90 Å². The standard InChI is InChI=1S/C13H27N/c1-6-13(7-8-14(4)5)9-12(10-13)11(2)3/h11-12H,6-10H2,1-5H3. The van der Waals surface area contributed by atoms with Crippen LogP contribution in [0.15, 0.2) is 0 Å². The molecule has 0 aromatic rings. The molecule has 1 saturated carbocycles. The van der Waals surface area contributed by atoms with Crippen molar-refractivity contribution >= 4 is 0 Å². The lowest BCUT2D eigenvalue weighted by atomic mass is 9.56. The normalized spacial score (nSPS) is 32.4. The fourth-order valence-corrected chi connectivity index (χ4v) is 2.65. The maximum Gasteiger partial charge on any atom is -0.00195 e. The molecule has 0 unspecified atom stereocenters. The molecule has 1 nitrogen and oxygen atoms in total. The lowest BCUT2D eigenvalue weighted by Gasteiger charge is -2.50. The quantitative estimate of drug-likeness (QED) is 0.653. The number of hydrogen-bond donors (Lipinski definition) is 0. The molecule has 1 aliphatic carbocycles. The van der Waals surface area contributed by atoms with Crippen molar-refractivity contribution in [2.45, 2.75) is 46.5 Å². The van der Waals surface area contributed by atoms with Gasteiger partial charge in [0.1, 0.15) is 0 Å². The lowest BCUT2D eigenvalue weighted by Crippen LogP contribution is -2.41. The monoisotopic (exact) mass is 197 g/mol. The minimum Gasteiger partial charge on any atom is -0.309 e. The summed E-state index contributed by atoms with van der Waals surface area (Å²) in [7, 11) is 4.36. The molecule has 0 aliphatic heterocycles. The molecular formula is C13H27N. The van der Waals surface area contributed by atoms with Crippen LogP contribution < -0.4 is 0 Å². The third kappa shape index (κ3) is 2.73. The molecule has 0 bridgehead atoms. The van der Waals surface area contributed by atoms with E-state index in [4.69, 9.17) is 0 Å². The van der Waals surface area contributed by atoms with Crippen molar-refractivity contribution in [3.05, 3.63) is 0 Å². The van der Waals surface area contributed by atoms with E-state index in [1.807, 2.05) is 0 Å². The topological polar surface area (TPSA) is 3.24 Å². The second kappa shape index (κ2) is 4.65. The van der Waals surface area contributed by atoms with Crippen LogP contribution in [0.5, 0.6) is 0 Å². The van der Waals surface area contributed by atoms with E-state index in [9.17, 15) is 0 Å². The zero-order valence-electron chi connectivity index (χ0n) is 10.6. The summed E-state index contributed by atoms with van der Waals surface area (Å²) in [6.45, 7) is 8.37. The molecule has 84 valence electrons. The van der Waals surface area contributed by atoms with Crippen molar-refractivity contribution in [2.75, 3.05) is 20.6 Å². The maximum atomic E-state index is 2.37. The van der Waals surface area contributed by atoms with Gasteiger partial charge in [-0.3, -0.25) is 0 Å². The molecule has 0 aromatic carbocycles. The van der Waals surface area contributed by atoms with Crippen LogP contribution in [0.4, 0.5) is 0 Å². The van der Waals surface area contributed by atoms with Crippen LogP contribution in [0.3, 0.4) is 0 Å². The van der Waals surface area contributed by atoms with Gasteiger partial charge in [0.15, 0.2) is 0 Å². The van der Waals surface area contributed by atoms with Crippen molar-refractivity contribution in [3.8, 4) is 0 Å². The summed E-state index contributed by atoms with van der Waals surface area (Å²) in [5.74, 6) is 1.91. The van der Waals surface area contributed by atoms with Gasteiger partial charge in [-0.2, -0.15) is 0 Å². The van der Waals surface area contributed by atoms with Gasteiger partial charge in [0.05, 0.1) is 0 Å². The highest BCUT2D eigenvalue weighted by molar-refractivity contribution is 4.94. The highest BCUT2D eigenvalue weighted by Crippen LogP contribution is 2.53. The molecular weight excluding hydrogens is 170 g/mol. The summed E-state index contributed by atoms with van der Waals surface area (Å²) in [4.78, 5) is 2.32. The Kier molecular flexibility index (Phi) is 4.00. The largest absolute Gasteiger partial charge is 0.309 e. The Morgan fingerprint density at radius 1 is 1.29 bits per heavy atom. The molecule has 0 radical (unpaired) electrons. The van der Waals surface area contributed by atoms with E-state index in [1.165, 1.54) is 32.2 Å². The van der Waals surface area contributed by atoms with Crippen molar-refractivity contribution in [1.29, 1.82) is 0 Å². The fraction of sp³-hybridized carbons (Fsp3) is 1.00. The molecule has 0 aromatic heterocycles. The molecule has 1 rings (SSSR count). The molecule has 14 heavy (non-hydrogen) atoms. The third-order valence-electron chi connectivity index (χ3n) is 4.17. The lowest BCUT2D eigenvalue weighted by molar-refractivity contribution is 0.00825. The van der Waals surface area contributed by atoms with Gasteiger partial charge in [-0.1, -0.05) is 27.2 Å². The first-order valence-corrected chi connectivity index (χ1v) is 6.14. The van der Waals surface area contributed by atoms with Crippen LogP contribution in [0.2, 0.25) is 0 Å². The van der Waals surface area contributed by atoms with Gasteiger partial charge in [0.2, 0.25) is 0 Å². The number of nitrogens with zero attached hydrogens (tertiary/aromatic N) is 1. The Hall–Kier alpha value is -0.0400. The first-order chi connectivity index (χ1) is 6.49. The summed E-state index contributed by atoms with van der Waals surface area (Å²) < 4.78 is 0. The molecule has 1 aliphatic rings. The Morgan fingerprint density at radius 3 is 2.21 bits per heavy atom. The zero-order valence-corrected chi connectivity index (χ0v) is 10.6. The third-order valence-corrected chi connectivity index (χ3v) is 4.17. The smallest absolute Gasteiger partial charge is 0.00195 e. The van der Waals surface area contributed by atoms with E-state index < -0.39 is 0 Å². The minimum atomic E-state index is 0.708. The van der Waals surface area contributed by atoms with Gasteiger partial charge in [0.25, 0.3) is 0 Å². The molecule has 0 heterocycles. The minimum absolute atomic E-state index is 0.708. The summed E-state index contributed by atoms with van der Waals surface area (Å²) in [5.41, 5.74) is 0.708. The summed E-state index contributed by atoms with van der Waals surface area (Å²) in [6, 6.07) is 0. The van der Waals surface area contributed by atoms with Crippen molar-refractivity contribution < 1.29 is 0 Å². The van der Waals surface area contributed by atoms with Crippen molar-refractivity contribution in [3.63, 3.8) is 0 Å². The summed E-state index contributed by atoms with van der Waals surface area (Å²) >= 11 is 0. The second-order valence-electron chi connectivity index (χ2n) is 5.82. The van der Waals surface area contributed by atoms with Crippen LogP contribution in [0.1, 0.15) is 46.5 Å². The van der Waals surface area contributed by atoms with E-state index >= 15 is 0 Å². The van der Waals surface area contributed by atoms with Gasteiger partial charge >= 0.3 is 0 Å². The predicted octanol–water partition coefficient (Wildman–Crippen LogP) is 3.40. The summed E-state index contributed by atoms with van der Waals surface area (Å²) in [6.07, 6.45) is 5.74. The van der Waals surface area contributed by atoms with E-state index in [-0.39, 0.29) is 0 Å². The van der Waals surface area contributed by atoms with Gasteiger partial charge in [-0.05, 0) is 57.2 Å². The van der Waals surface area contributed by atoms with E-state index in [2.05, 4.69) is 39.8 Å². The van der Waals surface area contributed by atoms with E-state index in [1.54, 1.807) is 0 Å². The predicted molar refractivity (Wildman–Crippen MR) is 63.5 cm³/mol. The summed E-state index contributed by atoms with van der Waals surface area (Å²) in [5, 5.41) is 0. The van der Waals surface area contributed by atoms with Crippen LogP contribution in [0, 0.1) is 17.3 Å². The molecule has 0 spiro atoms. The van der Waals surface area contributed by atoms with Crippen molar-refractivity contribution in [2.24, 2.45) is 17.3 Å². The van der Waals surface area contributed by atoms with Gasteiger partial charge < -0.3 is 4.90 Å². The SMILES string of the molecule is CCC1(CCN(C)C)CC(C(C)C)C1. The first-order valence-electron chi connectivity index (χ1n) is 6.14. The molecule has 1 fully saturated rings. The van der Waals surface area contributed by atoms with Crippen LogP contribution in [-0.4, -0.2) is 25.5 Å². The average molecular weight is 197 g/mol. The Bertz CT molecular complexity index is 161.